The molecule has 0 aliphatic rings. The number of nitrogens with zero attached hydrogens (tertiary/aromatic N) is 1. The van der Waals surface area contributed by atoms with Crippen LogP contribution in [0.4, 0.5) is 0 Å². The lowest BCUT2D eigenvalue weighted by Crippen LogP contribution is -2.47. The van der Waals surface area contributed by atoms with E-state index in [0.29, 0.717) is 17.4 Å². The van der Waals surface area contributed by atoms with Crippen LogP contribution in [0.1, 0.15) is 316 Å². The lowest BCUT2D eigenvalue weighted by molar-refractivity contribution is -0.870. The van der Waals surface area contributed by atoms with Crippen molar-refractivity contribution in [2.24, 2.45) is 0 Å². The number of hydrogen-bond acceptors (Lipinski definition) is 6. The SMILES string of the molecule is CC/C=C/C/C=C/C/C=C/C/C=C/C/C=C/CCC(=O)NC(COP(=O)(O)OCC[N+](C)(C)C)C(/C=C\CCCCCCCCCCCC)OC(=O)CCCCCCCCCCCCCCCCCCCCCCCCCCCCC. The zero-order valence-electron chi connectivity index (χ0n) is 54.0. The number of carbonyl (C=O) groups is 2. The first kappa shape index (κ1) is 78.5. The fraction of sp³-hybridized carbons (Fsp3) is 0.803. The standard InChI is InChI=1S/C71H131N2O7P/c1-7-10-13-16-19-22-25-28-30-32-33-34-35-36-37-38-39-40-41-42-44-46-49-52-55-58-61-64-71(75)80-69(62-59-56-53-50-47-27-24-21-18-15-12-9-3)68(67-79-81(76,77)78-66-65-73(4,5)6)72-70(74)63-60-57-54-51-48-45-43-31-29-26-23-20-17-14-11-8-2/h11,14,20,23,29,31,45,48,54,57,59,62,68-69H,7-10,12-13,15-19,21-22,24-28,30,32-44,46-47,49-53,55-56,58,60-61,63-67H2,1-6H3,(H-,72,74,76,77)/p+1/b14-11+,23-20+,31-29+,48-45+,57-54+,62-59-. The molecule has 0 aromatic rings. The lowest BCUT2D eigenvalue weighted by atomic mass is 10.0. The molecule has 81 heavy (non-hydrogen) atoms. The molecule has 0 heterocycles. The molecule has 0 bridgehead atoms. The van der Waals surface area contributed by atoms with Gasteiger partial charge in [0.25, 0.3) is 0 Å². The van der Waals surface area contributed by atoms with Gasteiger partial charge >= 0.3 is 13.8 Å². The molecule has 0 fully saturated rings. The Kier molecular flexibility index (Phi) is 58.7. The van der Waals surface area contributed by atoms with Gasteiger partial charge in [0.1, 0.15) is 19.3 Å². The number of ether oxygens (including phenoxy) is 1. The molecule has 3 atom stereocenters. The van der Waals surface area contributed by atoms with Crippen LogP contribution in [0.2, 0.25) is 0 Å². The summed E-state index contributed by atoms with van der Waals surface area (Å²) in [6.07, 6.45) is 79.5. The van der Waals surface area contributed by atoms with Crippen molar-refractivity contribution in [1.29, 1.82) is 0 Å². The van der Waals surface area contributed by atoms with E-state index in [9.17, 15) is 19.0 Å². The minimum Gasteiger partial charge on any atom is -0.456 e. The number of phosphoric acid groups is 1. The van der Waals surface area contributed by atoms with Crippen molar-refractivity contribution < 1.29 is 37.3 Å². The van der Waals surface area contributed by atoms with Gasteiger partial charge in [-0.1, -0.05) is 312 Å². The molecular weight excluding hydrogens is 1020 g/mol. The maximum Gasteiger partial charge on any atom is 0.472 e. The Balaban J connectivity index is 5.07. The molecule has 9 nitrogen and oxygen atoms in total. The molecule has 3 unspecified atom stereocenters. The van der Waals surface area contributed by atoms with E-state index in [-0.39, 0.29) is 37.9 Å². The molecule has 0 spiro atoms. The Labute approximate surface area is 502 Å². The number of hydrogen-bond donors (Lipinski definition) is 2. The first-order valence-corrected chi connectivity index (χ1v) is 35.8. The Bertz CT molecular complexity index is 1620. The van der Waals surface area contributed by atoms with Crippen LogP contribution in [0.25, 0.3) is 0 Å². The second-order valence-electron chi connectivity index (χ2n) is 24.3. The summed E-state index contributed by atoms with van der Waals surface area (Å²) in [6.45, 7) is 6.87. The number of phosphoric ester groups is 1. The highest BCUT2D eigenvalue weighted by atomic mass is 31.2. The van der Waals surface area contributed by atoms with Crippen LogP contribution < -0.4 is 5.32 Å². The monoisotopic (exact) mass is 1160 g/mol. The molecule has 0 aromatic heterocycles. The van der Waals surface area contributed by atoms with Crippen LogP contribution in [0.3, 0.4) is 0 Å². The molecular formula is C71H132N2O7P+. The number of nitrogens with one attached hydrogen (secondary N) is 1. The molecule has 0 rings (SSSR count). The average molecular weight is 1160 g/mol. The summed E-state index contributed by atoms with van der Waals surface area (Å²) in [5.41, 5.74) is 0. The highest BCUT2D eigenvalue weighted by molar-refractivity contribution is 7.47. The van der Waals surface area contributed by atoms with E-state index in [4.69, 9.17) is 13.8 Å². The number of carbonyl (C=O) groups excluding carboxylic acids is 2. The number of allylic oxidation sites excluding steroid dienone is 11. The van der Waals surface area contributed by atoms with Crippen LogP contribution in [-0.4, -0.2) is 74.3 Å². The Morgan fingerprint density at radius 1 is 0.444 bits per heavy atom. The van der Waals surface area contributed by atoms with E-state index in [1.54, 1.807) is 0 Å². The maximum absolute atomic E-state index is 13.5. The molecule has 0 saturated carbocycles. The van der Waals surface area contributed by atoms with Gasteiger partial charge in [0.2, 0.25) is 5.91 Å². The highest BCUT2D eigenvalue weighted by Gasteiger charge is 2.30. The Morgan fingerprint density at radius 2 is 0.802 bits per heavy atom. The summed E-state index contributed by atoms with van der Waals surface area (Å²) in [6, 6.07) is -0.889. The predicted octanol–water partition coefficient (Wildman–Crippen LogP) is 21.6. The van der Waals surface area contributed by atoms with Gasteiger partial charge in [-0.25, -0.2) is 4.57 Å². The van der Waals surface area contributed by atoms with E-state index in [1.165, 1.54) is 205 Å². The van der Waals surface area contributed by atoms with Crippen LogP contribution in [-0.2, 0) is 27.9 Å². The van der Waals surface area contributed by atoms with Crippen molar-refractivity contribution in [3.05, 3.63) is 72.9 Å². The van der Waals surface area contributed by atoms with Gasteiger partial charge in [0, 0.05) is 12.8 Å². The molecule has 0 aliphatic heterocycles. The summed E-state index contributed by atoms with van der Waals surface area (Å²) in [7, 11) is 1.46. The number of unbranched alkanes of at least 4 members (excludes halogenated alkanes) is 36. The third kappa shape index (κ3) is 61.8. The van der Waals surface area contributed by atoms with Crippen LogP contribution >= 0.6 is 7.82 Å². The fourth-order valence-corrected chi connectivity index (χ4v) is 10.7. The molecule has 0 saturated heterocycles. The Morgan fingerprint density at radius 3 is 1.19 bits per heavy atom. The van der Waals surface area contributed by atoms with Crippen LogP contribution in [0.15, 0.2) is 72.9 Å². The largest absolute Gasteiger partial charge is 0.472 e. The van der Waals surface area contributed by atoms with Crippen LogP contribution in [0.5, 0.6) is 0 Å². The minimum atomic E-state index is -4.47. The highest BCUT2D eigenvalue weighted by Crippen LogP contribution is 2.43. The van der Waals surface area contributed by atoms with Gasteiger partial charge in [-0.15, -0.1) is 0 Å². The molecule has 472 valence electrons. The van der Waals surface area contributed by atoms with Crippen molar-refractivity contribution in [2.75, 3.05) is 40.9 Å². The molecule has 0 radical (unpaired) electrons. The number of rotatable bonds is 62. The van der Waals surface area contributed by atoms with Gasteiger partial charge in [0.05, 0.1) is 33.8 Å². The number of esters is 1. The van der Waals surface area contributed by atoms with E-state index < -0.39 is 20.0 Å². The van der Waals surface area contributed by atoms with E-state index in [1.807, 2.05) is 39.4 Å². The first-order chi connectivity index (χ1) is 39.4. The number of likely N-dealkylation sites (N-methyl/N-ethyl adjacent to an activating group) is 1. The molecule has 0 aliphatic carbocycles. The lowest BCUT2D eigenvalue weighted by Gasteiger charge is -2.27. The zero-order chi connectivity index (χ0) is 59.3. The van der Waals surface area contributed by atoms with Crippen molar-refractivity contribution in [1.82, 2.24) is 5.32 Å². The second kappa shape index (κ2) is 60.6. The third-order valence-electron chi connectivity index (χ3n) is 15.2. The van der Waals surface area contributed by atoms with Crippen molar-refractivity contribution >= 4 is 19.7 Å². The average Bonchev–Trinajstić information content (AvgIpc) is 3.44. The quantitative estimate of drug-likeness (QED) is 0.0205. The second-order valence-corrected chi connectivity index (χ2v) is 25.8. The minimum absolute atomic E-state index is 0.0262. The fourth-order valence-electron chi connectivity index (χ4n) is 9.93. The smallest absolute Gasteiger partial charge is 0.456 e. The normalized spacial score (nSPS) is 14.0. The maximum atomic E-state index is 13.5. The van der Waals surface area contributed by atoms with Crippen LogP contribution in [0, 0.1) is 0 Å². The Hall–Kier alpha value is -2.55. The van der Waals surface area contributed by atoms with Gasteiger partial charge in [-0.3, -0.25) is 18.6 Å². The van der Waals surface area contributed by atoms with Gasteiger partial charge < -0.3 is 19.4 Å². The van der Waals surface area contributed by atoms with Crippen molar-refractivity contribution in [2.45, 2.75) is 328 Å². The van der Waals surface area contributed by atoms with E-state index >= 15 is 0 Å². The van der Waals surface area contributed by atoms with Gasteiger partial charge in [0.15, 0.2) is 0 Å². The number of quaternary nitrogens is 1. The molecule has 1 amide bonds. The third-order valence-corrected chi connectivity index (χ3v) is 16.2. The summed E-state index contributed by atoms with van der Waals surface area (Å²) >= 11 is 0. The van der Waals surface area contributed by atoms with E-state index in [0.717, 1.165) is 70.6 Å². The van der Waals surface area contributed by atoms with Crippen molar-refractivity contribution in [3.63, 3.8) is 0 Å². The topological polar surface area (TPSA) is 111 Å². The summed E-state index contributed by atoms with van der Waals surface area (Å²) in [5, 5.41) is 3.01. The molecule has 10 heteroatoms. The summed E-state index contributed by atoms with van der Waals surface area (Å²) < 4.78 is 30.7. The molecule has 0 aromatic carbocycles. The van der Waals surface area contributed by atoms with Gasteiger partial charge in [-0.05, 0) is 63.9 Å². The first-order valence-electron chi connectivity index (χ1n) is 34.3. The molecule has 2 N–H and O–H groups in total. The van der Waals surface area contributed by atoms with Crippen molar-refractivity contribution in [3.8, 4) is 0 Å². The predicted molar refractivity (Wildman–Crippen MR) is 351 cm³/mol. The van der Waals surface area contributed by atoms with E-state index in [2.05, 4.69) is 80.8 Å². The summed E-state index contributed by atoms with van der Waals surface area (Å²) in [5.74, 6) is -0.592. The van der Waals surface area contributed by atoms with Gasteiger partial charge in [-0.2, -0.15) is 0 Å². The summed E-state index contributed by atoms with van der Waals surface area (Å²) in [4.78, 5) is 37.7. The number of amides is 1. The zero-order valence-corrected chi connectivity index (χ0v) is 54.9.